The number of nitro groups is 1. The number of nitro benzene ring substituents is 1. The van der Waals surface area contributed by atoms with Crippen LogP contribution in [0.15, 0.2) is 36.4 Å². The monoisotopic (exact) mass is 352 g/mol. The second kappa shape index (κ2) is 7.56. The topological polar surface area (TPSA) is 90.7 Å². The number of carbonyl (C=O) groups is 1. The number of amides is 1. The number of benzene rings is 2. The van der Waals surface area contributed by atoms with Gasteiger partial charge in [-0.1, -0.05) is 0 Å². The van der Waals surface area contributed by atoms with E-state index in [0.29, 0.717) is 6.07 Å². The van der Waals surface area contributed by atoms with E-state index in [0.717, 1.165) is 18.2 Å². The second-order valence-corrected chi connectivity index (χ2v) is 4.96. The molecule has 0 spiro atoms. The molecular weight excluding hydrogens is 338 g/mol. The molecule has 0 saturated heterocycles. The third kappa shape index (κ3) is 4.40. The first-order valence-electron chi connectivity index (χ1n) is 7.07. The van der Waals surface area contributed by atoms with E-state index in [2.05, 4.69) is 5.32 Å². The minimum absolute atomic E-state index is 0.145. The van der Waals surface area contributed by atoms with Gasteiger partial charge in [0.2, 0.25) is 0 Å². The zero-order valence-electron chi connectivity index (χ0n) is 13.3. The van der Waals surface area contributed by atoms with Crippen molar-refractivity contribution in [2.45, 2.75) is 13.0 Å². The highest BCUT2D eigenvalue weighted by molar-refractivity contribution is 5.94. The van der Waals surface area contributed by atoms with Gasteiger partial charge in [-0.2, -0.15) is 0 Å². The number of ether oxygens (including phenoxy) is 2. The number of hydrogen-bond acceptors (Lipinski definition) is 5. The first kappa shape index (κ1) is 18.1. The molecular formula is C16H14F2N2O5. The van der Waals surface area contributed by atoms with Crippen molar-refractivity contribution in [2.24, 2.45) is 0 Å². The Balaban J connectivity index is 2.14. The van der Waals surface area contributed by atoms with Gasteiger partial charge in [-0.3, -0.25) is 14.9 Å². The van der Waals surface area contributed by atoms with Crippen LogP contribution in [0.2, 0.25) is 0 Å². The van der Waals surface area contributed by atoms with Crippen LogP contribution in [-0.4, -0.2) is 24.0 Å². The molecule has 7 nitrogen and oxygen atoms in total. The smallest absolute Gasteiger partial charge is 0.314 e. The Morgan fingerprint density at radius 1 is 1.24 bits per heavy atom. The zero-order valence-corrected chi connectivity index (χ0v) is 13.3. The van der Waals surface area contributed by atoms with Gasteiger partial charge in [0.15, 0.2) is 11.9 Å². The summed E-state index contributed by atoms with van der Waals surface area (Å²) < 4.78 is 36.6. The van der Waals surface area contributed by atoms with Gasteiger partial charge in [0.05, 0.1) is 23.8 Å². The van der Waals surface area contributed by atoms with Gasteiger partial charge < -0.3 is 14.8 Å². The van der Waals surface area contributed by atoms with Crippen LogP contribution >= 0.6 is 0 Å². The maximum Gasteiger partial charge on any atom is 0.314 e. The van der Waals surface area contributed by atoms with Gasteiger partial charge in [-0.05, 0) is 31.2 Å². The molecule has 0 unspecified atom stereocenters. The van der Waals surface area contributed by atoms with E-state index in [1.165, 1.54) is 26.2 Å². The molecule has 2 aromatic carbocycles. The van der Waals surface area contributed by atoms with Gasteiger partial charge in [0.25, 0.3) is 5.91 Å². The predicted molar refractivity (Wildman–Crippen MR) is 84.7 cm³/mol. The maximum absolute atomic E-state index is 13.6. The number of carbonyl (C=O) groups excluding carboxylic acids is 1. The van der Waals surface area contributed by atoms with Gasteiger partial charge in [-0.25, -0.2) is 8.78 Å². The number of rotatable bonds is 6. The number of anilines is 1. The molecule has 0 aromatic heterocycles. The number of nitrogens with zero attached hydrogens (tertiary/aromatic N) is 1. The van der Waals surface area contributed by atoms with Crippen molar-refractivity contribution in [3.05, 3.63) is 58.1 Å². The van der Waals surface area contributed by atoms with E-state index in [-0.39, 0.29) is 22.9 Å². The number of halogens is 2. The summed E-state index contributed by atoms with van der Waals surface area (Å²) in [5.41, 5.74) is -0.613. The SMILES string of the molecule is COc1ccc(O[C@H](C)C(=O)Nc2ccc(F)cc2F)c([N+](=O)[O-])c1. The van der Waals surface area contributed by atoms with Crippen LogP contribution < -0.4 is 14.8 Å². The lowest BCUT2D eigenvalue weighted by molar-refractivity contribution is -0.386. The van der Waals surface area contributed by atoms with Gasteiger partial charge in [0, 0.05) is 6.07 Å². The van der Waals surface area contributed by atoms with Crippen molar-refractivity contribution in [3.8, 4) is 11.5 Å². The Kier molecular flexibility index (Phi) is 5.48. The lowest BCUT2D eigenvalue weighted by Gasteiger charge is -2.15. The van der Waals surface area contributed by atoms with Crippen molar-refractivity contribution in [2.75, 3.05) is 12.4 Å². The third-order valence-electron chi connectivity index (χ3n) is 3.22. The van der Waals surface area contributed by atoms with Crippen LogP contribution in [0, 0.1) is 21.7 Å². The highest BCUT2D eigenvalue weighted by Crippen LogP contribution is 2.31. The summed E-state index contributed by atoms with van der Waals surface area (Å²) in [4.78, 5) is 22.5. The van der Waals surface area contributed by atoms with Gasteiger partial charge in [-0.15, -0.1) is 0 Å². The fourth-order valence-electron chi connectivity index (χ4n) is 1.94. The molecule has 0 radical (unpaired) electrons. The molecule has 1 amide bonds. The molecule has 0 aliphatic heterocycles. The van der Waals surface area contributed by atoms with Crippen molar-refractivity contribution >= 4 is 17.3 Å². The molecule has 132 valence electrons. The molecule has 0 bridgehead atoms. The van der Waals surface area contributed by atoms with E-state index in [9.17, 15) is 23.7 Å². The van der Waals surface area contributed by atoms with Gasteiger partial charge in [0.1, 0.15) is 17.4 Å². The molecule has 0 aliphatic rings. The van der Waals surface area contributed by atoms with E-state index in [1.54, 1.807) is 0 Å². The van der Waals surface area contributed by atoms with Crippen molar-refractivity contribution in [1.29, 1.82) is 0 Å². The highest BCUT2D eigenvalue weighted by atomic mass is 19.1. The molecule has 1 N–H and O–H groups in total. The average molecular weight is 352 g/mol. The second-order valence-electron chi connectivity index (χ2n) is 4.96. The molecule has 0 saturated carbocycles. The van der Waals surface area contributed by atoms with Gasteiger partial charge >= 0.3 is 5.69 Å². The summed E-state index contributed by atoms with van der Waals surface area (Å²) in [6.45, 7) is 1.34. The molecule has 0 heterocycles. The standard InChI is InChI=1S/C16H14F2N2O5/c1-9(16(21)19-13-5-3-10(17)7-12(13)18)25-15-6-4-11(24-2)8-14(15)20(22)23/h3-9H,1-2H3,(H,19,21)/t9-/m1/s1. The summed E-state index contributed by atoms with van der Waals surface area (Å²) in [7, 11) is 1.35. The van der Waals surface area contributed by atoms with Crippen molar-refractivity contribution in [1.82, 2.24) is 0 Å². The molecule has 1 atom stereocenters. The Hall–Kier alpha value is -3.23. The minimum atomic E-state index is -1.17. The molecule has 25 heavy (non-hydrogen) atoms. The minimum Gasteiger partial charge on any atom is -0.496 e. The van der Waals surface area contributed by atoms with Crippen LogP contribution in [0.25, 0.3) is 0 Å². The third-order valence-corrected chi connectivity index (χ3v) is 3.22. The van der Waals surface area contributed by atoms with E-state index < -0.39 is 28.6 Å². The fraction of sp³-hybridized carbons (Fsp3) is 0.188. The van der Waals surface area contributed by atoms with Crippen LogP contribution in [-0.2, 0) is 4.79 Å². The normalized spacial score (nSPS) is 11.5. The van der Waals surface area contributed by atoms with Crippen LogP contribution in [0.3, 0.4) is 0 Å². The molecule has 9 heteroatoms. The van der Waals surface area contributed by atoms with E-state index in [1.807, 2.05) is 0 Å². The largest absolute Gasteiger partial charge is 0.496 e. The van der Waals surface area contributed by atoms with Crippen LogP contribution in [0.4, 0.5) is 20.2 Å². The Labute approximate surface area is 141 Å². The lowest BCUT2D eigenvalue weighted by atomic mass is 10.2. The molecule has 2 rings (SSSR count). The van der Waals surface area contributed by atoms with E-state index in [4.69, 9.17) is 9.47 Å². The van der Waals surface area contributed by atoms with Crippen LogP contribution in [0.1, 0.15) is 6.92 Å². The first-order valence-corrected chi connectivity index (χ1v) is 7.07. The van der Waals surface area contributed by atoms with Crippen LogP contribution in [0.5, 0.6) is 11.5 Å². The number of methoxy groups -OCH3 is 1. The maximum atomic E-state index is 13.6. The first-order chi connectivity index (χ1) is 11.8. The summed E-state index contributed by atoms with van der Waals surface area (Å²) in [6, 6.07) is 6.55. The highest BCUT2D eigenvalue weighted by Gasteiger charge is 2.22. The van der Waals surface area contributed by atoms with Crippen molar-refractivity contribution < 1.29 is 28.0 Å². The zero-order chi connectivity index (χ0) is 18.6. The molecule has 0 fully saturated rings. The lowest BCUT2D eigenvalue weighted by Crippen LogP contribution is -2.30. The fourth-order valence-corrected chi connectivity index (χ4v) is 1.94. The summed E-state index contributed by atoms with van der Waals surface area (Å²) in [5, 5.41) is 13.3. The Morgan fingerprint density at radius 3 is 2.56 bits per heavy atom. The summed E-state index contributed by atoms with van der Waals surface area (Å²) in [6.07, 6.45) is -1.17. The van der Waals surface area contributed by atoms with E-state index >= 15 is 0 Å². The molecule has 2 aromatic rings. The molecule has 0 aliphatic carbocycles. The summed E-state index contributed by atoms with van der Waals surface area (Å²) >= 11 is 0. The quantitative estimate of drug-likeness (QED) is 0.636. The predicted octanol–water partition coefficient (Wildman–Crippen LogP) is 3.29. The number of hydrogen-bond donors (Lipinski definition) is 1. The van der Waals surface area contributed by atoms with Crippen molar-refractivity contribution in [3.63, 3.8) is 0 Å². The average Bonchev–Trinajstić information content (AvgIpc) is 2.57. The Morgan fingerprint density at radius 2 is 1.96 bits per heavy atom. The Bertz CT molecular complexity index is 813. The number of nitrogens with one attached hydrogen (secondary N) is 1. The summed E-state index contributed by atoms with van der Waals surface area (Å²) in [5.74, 6) is -2.38.